The van der Waals surface area contributed by atoms with Crippen LogP contribution in [0.2, 0.25) is 0 Å². The van der Waals surface area contributed by atoms with Crippen molar-refractivity contribution < 1.29 is 19.1 Å². The first-order valence-corrected chi connectivity index (χ1v) is 5.97. The predicted octanol–water partition coefficient (Wildman–Crippen LogP) is 2.21. The third-order valence-electron chi connectivity index (χ3n) is 2.54. The van der Waals surface area contributed by atoms with Crippen LogP contribution in [-0.4, -0.2) is 23.0 Å². The van der Waals surface area contributed by atoms with Crippen LogP contribution in [0.5, 0.6) is 0 Å². The van der Waals surface area contributed by atoms with Crippen molar-refractivity contribution in [2.24, 2.45) is 0 Å². The van der Waals surface area contributed by atoms with Crippen LogP contribution in [0.25, 0.3) is 6.08 Å². The van der Waals surface area contributed by atoms with Crippen molar-refractivity contribution in [1.82, 2.24) is 5.32 Å². The van der Waals surface area contributed by atoms with Gasteiger partial charge in [-0.2, -0.15) is 0 Å². The number of benzene rings is 1. The summed E-state index contributed by atoms with van der Waals surface area (Å²) in [4.78, 5) is 22.1. The molecule has 1 amide bonds. The molecule has 2 N–H and O–H groups in total. The lowest BCUT2D eigenvalue weighted by Crippen LogP contribution is -2.34. The van der Waals surface area contributed by atoms with Gasteiger partial charge in [0.2, 0.25) is 5.91 Å². The Kier molecular flexibility index (Phi) is 5.73. The van der Waals surface area contributed by atoms with Crippen LogP contribution >= 0.6 is 0 Å². The highest BCUT2D eigenvalue weighted by atomic mass is 19.1. The van der Waals surface area contributed by atoms with Gasteiger partial charge in [0.15, 0.2) is 0 Å². The molecular formula is C14H16FNO3. The molecule has 1 aromatic rings. The summed E-state index contributed by atoms with van der Waals surface area (Å²) < 4.78 is 12.9. The van der Waals surface area contributed by atoms with Crippen LogP contribution in [0.15, 0.2) is 30.3 Å². The highest BCUT2D eigenvalue weighted by Gasteiger charge is 2.12. The lowest BCUT2D eigenvalue weighted by atomic mass is 10.1. The van der Waals surface area contributed by atoms with Gasteiger partial charge in [-0.25, -0.2) is 4.39 Å². The van der Waals surface area contributed by atoms with Crippen LogP contribution in [0, 0.1) is 5.82 Å². The molecule has 0 aromatic heterocycles. The van der Waals surface area contributed by atoms with Crippen LogP contribution in [0.4, 0.5) is 4.39 Å². The van der Waals surface area contributed by atoms with Gasteiger partial charge >= 0.3 is 5.97 Å². The Bertz CT molecular complexity index is 485. The Morgan fingerprint density at radius 3 is 2.79 bits per heavy atom. The number of carbonyl (C=O) groups is 2. The topological polar surface area (TPSA) is 66.4 Å². The fraction of sp³-hybridized carbons (Fsp3) is 0.286. The number of nitrogens with one attached hydrogen (secondary N) is 1. The summed E-state index contributed by atoms with van der Waals surface area (Å²) in [5, 5.41) is 11.2. The number of carboxylic acids is 1. The van der Waals surface area contributed by atoms with Gasteiger partial charge in [0.1, 0.15) is 5.82 Å². The predicted molar refractivity (Wildman–Crippen MR) is 69.9 cm³/mol. The first kappa shape index (κ1) is 14.9. The third-order valence-corrected chi connectivity index (χ3v) is 2.54. The Balaban J connectivity index is 2.56. The lowest BCUT2D eigenvalue weighted by Gasteiger charge is -2.12. The standard InChI is InChI=1S/C14H16FNO3/c1-2-12(9-14(18)19)16-13(17)7-6-10-4-3-5-11(15)8-10/h3-8,12H,2,9H2,1H3,(H,16,17)(H,18,19)/b7-6+. The zero-order valence-electron chi connectivity index (χ0n) is 10.6. The number of amides is 1. The number of hydrogen-bond acceptors (Lipinski definition) is 2. The van der Waals surface area contributed by atoms with Crippen molar-refractivity contribution in [2.45, 2.75) is 25.8 Å². The average Bonchev–Trinajstić information content (AvgIpc) is 2.35. The smallest absolute Gasteiger partial charge is 0.305 e. The zero-order valence-corrected chi connectivity index (χ0v) is 10.6. The third kappa shape index (κ3) is 5.81. The van der Waals surface area contributed by atoms with E-state index in [1.807, 2.05) is 0 Å². The summed E-state index contributed by atoms with van der Waals surface area (Å²) in [5.41, 5.74) is 0.571. The molecule has 0 heterocycles. The minimum atomic E-state index is -0.957. The minimum absolute atomic E-state index is 0.115. The van der Waals surface area contributed by atoms with Gasteiger partial charge < -0.3 is 10.4 Å². The maximum atomic E-state index is 12.9. The summed E-state index contributed by atoms with van der Waals surface area (Å²) in [6, 6.07) is 5.44. The molecule has 0 saturated heterocycles. The van der Waals surface area contributed by atoms with E-state index in [-0.39, 0.29) is 12.2 Å². The Labute approximate surface area is 110 Å². The highest BCUT2D eigenvalue weighted by molar-refractivity contribution is 5.92. The number of carbonyl (C=O) groups excluding carboxylic acids is 1. The van der Waals surface area contributed by atoms with Crippen molar-refractivity contribution >= 4 is 18.0 Å². The Hall–Kier alpha value is -2.17. The average molecular weight is 265 g/mol. The maximum Gasteiger partial charge on any atom is 0.305 e. The normalized spacial score (nSPS) is 12.3. The number of halogens is 1. The van der Waals surface area contributed by atoms with Crippen LogP contribution < -0.4 is 5.32 Å². The van der Waals surface area contributed by atoms with E-state index in [1.54, 1.807) is 19.1 Å². The largest absolute Gasteiger partial charge is 0.481 e. The van der Waals surface area contributed by atoms with Gasteiger partial charge in [0.05, 0.1) is 6.42 Å². The number of carboxylic acid groups (broad SMARTS) is 1. The lowest BCUT2D eigenvalue weighted by molar-refractivity contribution is -0.137. The molecule has 1 aromatic carbocycles. The van der Waals surface area contributed by atoms with E-state index in [9.17, 15) is 14.0 Å². The molecule has 0 aliphatic heterocycles. The Morgan fingerprint density at radius 2 is 2.21 bits per heavy atom. The molecule has 0 aliphatic rings. The molecule has 0 saturated carbocycles. The summed E-state index contributed by atoms with van der Waals surface area (Å²) in [6.07, 6.45) is 3.16. The van der Waals surface area contributed by atoms with Crippen molar-refractivity contribution in [2.75, 3.05) is 0 Å². The van der Waals surface area contributed by atoms with Gasteiger partial charge in [-0.1, -0.05) is 19.1 Å². The van der Waals surface area contributed by atoms with Gasteiger partial charge in [-0.15, -0.1) is 0 Å². The zero-order chi connectivity index (χ0) is 14.3. The molecule has 0 bridgehead atoms. The van der Waals surface area contributed by atoms with Crippen LogP contribution in [0.1, 0.15) is 25.3 Å². The second-order valence-corrected chi connectivity index (χ2v) is 4.10. The molecule has 0 spiro atoms. The van der Waals surface area contributed by atoms with Gasteiger partial charge in [0, 0.05) is 12.1 Å². The summed E-state index contributed by atoms with van der Waals surface area (Å²) in [5.74, 6) is -1.72. The van der Waals surface area contributed by atoms with Crippen molar-refractivity contribution in [3.63, 3.8) is 0 Å². The van der Waals surface area contributed by atoms with Crippen molar-refractivity contribution in [3.8, 4) is 0 Å². The quantitative estimate of drug-likeness (QED) is 0.775. The van der Waals surface area contributed by atoms with E-state index in [0.29, 0.717) is 12.0 Å². The van der Waals surface area contributed by atoms with Crippen molar-refractivity contribution in [1.29, 1.82) is 0 Å². The highest BCUT2D eigenvalue weighted by Crippen LogP contribution is 2.05. The van der Waals surface area contributed by atoms with Gasteiger partial charge in [0.25, 0.3) is 0 Å². The van der Waals surface area contributed by atoms with E-state index >= 15 is 0 Å². The molecule has 102 valence electrons. The monoisotopic (exact) mass is 265 g/mol. The van der Waals surface area contributed by atoms with Gasteiger partial charge in [-0.3, -0.25) is 9.59 Å². The fourth-order valence-corrected chi connectivity index (χ4v) is 1.54. The second-order valence-electron chi connectivity index (χ2n) is 4.10. The summed E-state index contributed by atoms with van der Waals surface area (Å²) in [6.45, 7) is 1.80. The van der Waals surface area contributed by atoms with E-state index in [4.69, 9.17) is 5.11 Å². The molecule has 5 heteroatoms. The molecule has 1 atom stereocenters. The molecule has 4 nitrogen and oxygen atoms in total. The molecule has 0 radical (unpaired) electrons. The molecule has 0 fully saturated rings. The number of aliphatic carboxylic acids is 1. The van der Waals surface area contributed by atoms with E-state index < -0.39 is 17.9 Å². The molecular weight excluding hydrogens is 249 g/mol. The first-order valence-electron chi connectivity index (χ1n) is 5.97. The van der Waals surface area contributed by atoms with E-state index in [2.05, 4.69) is 5.32 Å². The molecule has 0 aliphatic carbocycles. The second kappa shape index (κ2) is 7.31. The molecule has 19 heavy (non-hydrogen) atoms. The minimum Gasteiger partial charge on any atom is -0.481 e. The SMILES string of the molecule is CCC(CC(=O)O)NC(=O)/C=C/c1cccc(F)c1. The van der Waals surface area contributed by atoms with Crippen LogP contribution in [0.3, 0.4) is 0 Å². The summed E-state index contributed by atoms with van der Waals surface area (Å²) >= 11 is 0. The number of rotatable bonds is 6. The van der Waals surface area contributed by atoms with E-state index in [1.165, 1.54) is 24.3 Å². The van der Waals surface area contributed by atoms with Crippen molar-refractivity contribution in [3.05, 3.63) is 41.7 Å². The molecule has 1 unspecified atom stereocenters. The number of hydrogen-bond donors (Lipinski definition) is 2. The Morgan fingerprint density at radius 1 is 1.47 bits per heavy atom. The summed E-state index contributed by atoms with van der Waals surface area (Å²) in [7, 11) is 0. The fourth-order valence-electron chi connectivity index (χ4n) is 1.54. The molecule has 1 rings (SSSR count). The first-order chi connectivity index (χ1) is 9.01. The van der Waals surface area contributed by atoms with E-state index in [0.717, 1.165) is 0 Å². The van der Waals surface area contributed by atoms with Gasteiger partial charge in [-0.05, 0) is 30.2 Å². The van der Waals surface area contributed by atoms with Crippen LogP contribution in [-0.2, 0) is 9.59 Å². The maximum absolute atomic E-state index is 12.9.